The lowest BCUT2D eigenvalue weighted by Gasteiger charge is -2.11. The second-order valence-electron chi connectivity index (χ2n) is 4.97. The van der Waals surface area contributed by atoms with Gasteiger partial charge < -0.3 is 20.5 Å². The summed E-state index contributed by atoms with van der Waals surface area (Å²) in [6.07, 6.45) is 1.30. The van der Waals surface area contributed by atoms with Crippen LogP contribution in [0, 0.1) is 0 Å². The van der Waals surface area contributed by atoms with Crippen molar-refractivity contribution >= 4 is 33.4 Å². The first kappa shape index (κ1) is 14.6. The summed E-state index contributed by atoms with van der Waals surface area (Å²) in [6.45, 7) is 0.388. The van der Waals surface area contributed by atoms with E-state index in [9.17, 15) is 9.59 Å². The van der Waals surface area contributed by atoms with E-state index in [1.165, 1.54) is 18.4 Å². The Morgan fingerprint density at radius 2 is 2.41 bits per heavy atom. The van der Waals surface area contributed by atoms with Gasteiger partial charge in [-0.25, -0.2) is 4.98 Å². The molecule has 22 heavy (non-hydrogen) atoms. The molecule has 3 rings (SSSR count). The molecule has 0 radical (unpaired) electrons. The standard InChI is InChI=1S/C14H15N3O4S/c1-20-14-8(13(15)19)4-10-12(17-14)9(6-22-10)21-5-7-2-3-11(18)16-7/h4,6-7H,2-3,5H2,1H3,(H2,15,19)(H,16,18). The van der Waals surface area contributed by atoms with Gasteiger partial charge in [0.15, 0.2) is 5.75 Å². The molecular weight excluding hydrogens is 306 g/mol. The first-order valence-electron chi connectivity index (χ1n) is 6.76. The van der Waals surface area contributed by atoms with E-state index in [-0.39, 0.29) is 23.4 Å². The van der Waals surface area contributed by atoms with Gasteiger partial charge >= 0.3 is 0 Å². The zero-order valence-corrected chi connectivity index (χ0v) is 12.7. The highest BCUT2D eigenvalue weighted by Gasteiger charge is 2.22. The second kappa shape index (κ2) is 5.80. The number of thiophene rings is 1. The second-order valence-corrected chi connectivity index (χ2v) is 5.88. The predicted molar refractivity (Wildman–Crippen MR) is 81.3 cm³/mol. The van der Waals surface area contributed by atoms with Gasteiger partial charge in [-0.3, -0.25) is 9.59 Å². The summed E-state index contributed by atoms with van der Waals surface area (Å²) in [5, 5.41) is 4.66. The predicted octanol–water partition coefficient (Wildman–Crippen LogP) is 1.06. The summed E-state index contributed by atoms with van der Waals surface area (Å²) in [5.41, 5.74) is 6.18. The number of fused-ring (bicyclic) bond motifs is 1. The number of carbonyl (C=O) groups excluding carboxylic acids is 2. The van der Waals surface area contributed by atoms with Gasteiger partial charge in [0.1, 0.15) is 17.7 Å². The monoisotopic (exact) mass is 321 g/mol. The largest absolute Gasteiger partial charge is 0.488 e. The number of nitrogens with zero attached hydrogens (tertiary/aromatic N) is 1. The third-order valence-corrected chi connectivity index (χ3v) is 4.36. The van der Waals surface area contributed by atoms with Crippen LogP contribution in [0.2, 0.25) is 0 Å². The third-order valence-electron chi connectivity index (χ3n) is 3.46. The van der Waals surface area contributed by atoms with Crippen molar-refractivity contribution in [3.8, 4) is 11.6 Å². The van der Waals surface area contributed by atoms with Crippen LogP contribution in [0.1, 0.15) is 23.2 Å². The first-order valence-corrected chi connectivity index (χ1v) is 7.64. The molecule has 0 aliphatic carbocycles. The highest BCUT2D eigenvalue weighted by atomic mass is 32.1. The molecule has 116 valence electrons. The van der Waals surface area contributed by atoms with Gasteiger partial charge in [-0.05, 0) is 12.5 Å². The van der Waals surface area contributed by atoms with Crippen molar-refractivity contribution in [1.82, 2.24) is 10.3 Å². The normalized spacial score (nSPS) is 17.5. The van der Waals surface area contributed by atoms with Crippen LogP contribution in [0.3, 0.4) is 0 Å². The molecule has 2 aromatic heterocycles. The number of ether oxygens (including phenoxy) is 2. The molecule has 0 aromatic carbocycles. The van der Waals surface area contributed by atoms with E-state index in [0.717, 1.165) is 11.1 Å². The number of hydrogen-bond acceptors (Lipinski definition) is 6. The van der Waals surface area contributed by atoms with Gasteiger partial charge in [0.2, 0.25) is 11.8 Å². The molecule has 8 heteroatoms. The van der Waals surface area contributed by atoms with Gasteiger partial charge in [-0.1, -0.05) is 0 Å². The zero-order valence-electron chi connectivity index (χ0n) is 11.9. The smallest absolute Gasteiger partial charge is 0.254 e. The van der Waals surface area contributed by atoms with E-state index in [2.05, 4.69) is 10.3 Å². The molecule has 2 amide bonds. The number of aromatic nitrogens is 1. The fourth-order valence-corrected chi connectivity index (χ4v) is 3.20. The summed E-state index contributed by atoms with van der Waals surface area (Å²) in [4.78, 5) is 26.9. The highest BCUT2D eigenvalue weighted by molar-refractivity contribution is 7.17. The van der Waals surface area contributed by atoms with Crippen molar-refractivity contribution in [2.45, 2.75) is 18.9 Å². The fourth-order valence-electron chi connectivity index (χ4n) is 2.34. The van der Waals surface area contributed by atoms with Gasteiger partial charge in [0, 0.05) is 11.8 Å². The van der Waals surface area contributed by atoms with Crippen LogP contribution < -0.4 is 20.5 Å². The molecular formula is C14H15N3O4S. The Bertz CT molecular complexity index is 743. The average molecular weight is 321 g/mol. The summed E-state index contributed by atoms with van der Waals surface area (Å²) in [5.74, 6) is 0.248. The number of methoxy groups -OCH3 is 1. The maximum Gasteiger partial charge on any atom is 0.254 e. The molecule has 1 saturated heterocycles. The van der Waals surface area contributed by atoms with Crippen LogP contribution in [0.4, 0.5) is 0 Å². The van der Waals surface area contributed by atoms with E-state index in [0.29, 0.717) is 24.3 Å². The lowest BCUT2D eigenvalue weighted by molar-refractivity contribution is -0.119. The lowest BCUT2D eigenvalue weighted by Crippen LogP contribution is -2.30. The van der Waals surface area contributed by atoms with E-state index in [1.807, 2.05) is 5.38 Å². The minimum absolute atomic E-state index is 0.0224. The number of rotatable bonds is 5. The topological polar surface area (TPSA) is 104 Å². The van der Waals surface area contributed by atoms with Crippen molar-refractivity contribution in [3.63, 3.8) is 0 Å². The van der Waals surface area contributed by atoms with E-state index in [4.69, 9.17) is 15.2 Å². The summed E-state index contributed by atoms with van der Waals surface area (Å²) in [6, 6.07) is 1.67. The zero-order chi connectivity index (χ0) is 15.7. The molecule has 0 spiro atoms. The van der Waals surface area contributed by atoms with Gasteiger partial charge in [0.05, 0.1) is 17.9 Å². The van der Waals surface area contributed by atoms with Gasteiger partial charge in [0.25, 0.3) is 5.91 Å². The van der Waals surface area contributed by atoms with Crippen molar-refractivity contribution in [1.29, 1.82) is 0 Å². The molecule has 3 heterocycles. The maximum atomic E-state index is 11.4. The Labute approximate surface area is 130 Å². The third kappa shape index (κ3) is 2.69. The molecule has 1 atom stereocenters. The Morgan fingerprint density at radius 3 is 3.05 bits per heavy atom. The van der Waals surface area contributed by atoms with Crippen LogP contribution in [0.5, 0.6) is 11.6 Å². The van der Waals surface area contributed by atoms with Crippen molar-refractivity contribution in [2.75, 3.05) is 13.7 Å². The number of carbonyl (C=O) groups is 2. The minimum Gasteiger partial charge on any atom is -0.488 e. The molecule has 3 N–H and O–H groups in total. The summed E-state index contributed by atoms with van der Waals surface area (Å²) in [7, 11) is 1.43. The number of nitrogens with two attached hydrogens (primary N) is 1. The number of primary amides is 1. The molecule has 1 unspecified atom stereocenters. The molecule has 1 aliphatic rings. The fraction of sp³-hybridized carbons (Fsp3) is 0.357. The summed E-state index contributed by atoms with van der Waals surface area (Å²) >= 11 is 1.41. The highest BCUT2D eigenvalue weighted by Crippen LogP contribution is 2.34. The lowest BCUT2D eigenvalue weighted by atomic mass is 10.2. The van der Waals surface area contributed by atoms with Crippen LogP contribution >= 0.6 is 11.3 Å². The Morgan fingerprint density at radius 1 is 1.59 bits per heavy atom. The Kier molecular flexibility index (Phi) is 3.84. The average Bonchev–Trinajstić information content (AvgIpc) is 3.09. The maximum absolute atomic E-state index is 11.4. The van der Waals surface area contributed by atoms with E-state index in [1.54, 1.807) is 6.07 Å². The number of amides is 2. The summed E-state index contributed by atoms with van der Waals surface area (Å²) < 4.78 is 11.7. The number of pyridine rings is 1. The van der Waals surface area contributed by atoms with Crippen LogP contribution in [-0.2, 0) is 4.79 Å². The number of hydrogen-bond donors (Lipinski definition) is 2. The molecule has 0 bridgehead atoms. The molecule has 1 fully saturated rings. The molecule has 7 nitrogen and oxygen atoms in total. The molecule has 0 saturated carbocycles. The molecule has 1 aliphatic heterocycles. The van der Waals surface area contributed by atoms with Crippen LogP contribution in [0.25, 0.3) is 10.2 Å². The van der Waals surface area contributed by atoms with E-state index >= 15 is 0 Å². The Hall–Kier alpha value is -2.35. The van der Waals surface area contributed by atoms with Crippen molar-refractivity contribution in [3.05, 3.63) is 17.0 Å². The van der Waals surface area contributed by atoms with Crippen LogP contribution in [0.15, 0.2) is 11.4 Å². The number of nitrogens with one attached hydrogen (secondary N) is 1. The SMILES string of the molecule is COc1nc2c(OCC3CCC(=O)N3)csc2cc1C(N)=O. The van der Waals surface area contributed by atoms with Gasteiger partial charge in [-0.15, -0.1) is 11.3 Å². The van der Waals surface area contributed by atoms with Gasteiger partial charge in [-0.2, -0.15) is 0 Å². The minimum atomic E-state index is -0.587. The first-order chi connectivity index (χ1) is 10.6. The molecule has 2 aromatic rings. The van der Waals surface area contributed by atoms with Crippen molar-refractivity contribution in [2.24, 2.45) is 5.73 Å². The quantitative estimate of drug-likeness (QED) is 0.857. The Balaban J connectivity index is 1.84. The van der Waals surface area contributed by atoms with E-state index < -0.39 is 5.91 Å². The van der Waals surface area contributed by atoms with Crippen LogP contribution in [-0.4, -0.2) is 36.6 Å². The van der Waals surface area contributed by atoms with Crippen molar-refractivity contribution < 1.29 is 19.1 Å².